The van der Waals surface area contributed by atoms with Crippen molar-refractivity contribution in [3.63, 3.8) is 0 Å². The second-order valence-electron chi connectivity index (χ2n) is 3.44. The van der Waals surface area contributed by atoms with Crippen molar-refractivity contribution in [2.45, 2.75) is 0 Å². The van der Waals surface area contributed by atoms with Crippen LogP contribution in [0.4, 0.5) is 10.1 Å². The molecule has 1 aromatic carbocycles. The van der Waals surface area contributed by atoms with Crippen LogP contribution in [0.15, 0.2) is 18.5 Å². The van der Waals surface area contributed by atoms with Gasteiger partial charge >= 0.3 is 0 Å². The molecule has 0 aliphatic heterocycles. The highest BCUT2D eigenvalue weighted by Gasteiger charge is 2.14. The molecule has 0 saturated carbocycles. The van der Waals surface area contributed by atoms with Gasteiger partial charge in [0.2, 0.25) is 0 Å². The van der Waals surface area contributed by atoms with E-state index in [1.165, 1.54) is 12.3 Å². The lowest BCUT2D eigenvalue weighted by Gasteiger charge is -2.12. The predicted octanol–water partition coefficient (Wildman–Crippen LogP) is 1.72. The molecular weight excluding hydrogens is 212 g/mol. The summed E-state index contributed by atoms with van der Waals surface area (Å²) in [6.07, 6.45) is 3.04. The number of nitrogen functional groups attached to an aromatic ring is 1. The lowest BCUT2D eigenvalue weighted by atomic mass is 10.2. The zero-order chi connectivity index (χ0) is 11.0. The number of nitrogens with two attached hydrogens (primary N) is 1. The van der Waals surface area contributed by atoms with E-state index in [0.717, 1.165) is 5.30 Å². The number of aromatic nitrogens is 2. The van der Waals surface area contributed by atoms with E-state index in [4.69, 9.17) is 5.73 Å². The molecule has 2 N–H and O–H groups in total. The lowest BCUT2D eigenvalue weighted by molar-refractivity contribution is 0.637. The summed E-state index contributed by atoms with van der Waals surface area (Å²) in [5.74, 6) is -0.406. The largest absolute Gasteiger partial charge is 0.398 e. The molecule has 1 aromatic heterocycles. The van der Waals surface area contributed by atoms with Gasteiger partial charge in [0.1, 0.15) is 11.0 Å². The standard InChI is InChI=1S/C10H11FN3P/c1-15(2)10-7(12)5-6(11)8-9(10)14-4-3-13-8/h3-5H,12H2,1-2H3. The molecule has 0 radical (unpaired) electrons. The van der Waals surface area contributed by atoms with Crippen molar-refractivity contribution in [3.8, 4) is 0 Å². The van der Waals surface area contributed by atoms with E-state index in [2.05, 4.69) is 23.3 Å². The topological polar surface area (TPSA) is 51.8 Å². The van der Waals surface area contributed by atoms with Gasteiger partial charge in [-0.3, -0.25) is 4.98 Å². The predicted molar refractivity (Wildman–Crippen MR) is 62.3 cm³/mol. The van der Waals surface area contributed by atoms with Crippen LogP contribution in [0.5, 0.6) is 0 Å². The Labute approximate surface area is 88.3 Å². The van der Waals surface area contributed by atoms with Crippen molar-refractivity contribution < 1.29 is 4.39 Å². The first-order valence-electron chi connectivity index (χ1n) is 4.47. The summed E-state index contributed by atoms with van der Waals surface area (Å²) in [6, 6.07) is 1.33. The van der Waals surface area contributed by atoms with E-state index < -0.39 is 13.7 Å². The molecule has 0 bridgehead atoms. The Morgan fingerprint density at radius 3 is 2.40 bits per heavy atom. The first-order valence-corrected chi connectivity index (χ1v) is 6.71. The highest BCUT2D eigenvalue weighted by molar-refractivity contribution is 7.65. The summed E-state index contributed by atoms with van der Waals surface area (Å²) in [5, 5.41) is 0.925. The van der Waals surface area contributed by atoms with Gasteiger partial charge in [0.15, 0.2) is 5.82 Å². The Bertz CT molecular complexity index is 513. The van der Waals surface area contributed by atoms with Gasteiger partial charge in [0, 0.05) is 23.4 Å². The van der Waals surface area contributed by atoms with Crippen LogP contribution >= 0.6 is 7.92 Å². The molecule has 3 nitrogen and oxygen atoms in total. The van der Waals surface area contributed by atoms with Gasteiger partial charge in [-0.15, -0.1) is 0 Å². The van der Waals surface area contributed by atoms with E-state index in [-0.39, 0.29) is 0 Å². The van der Waals surface area contributed by atoms with E-state index in [1.807, 2.05) is 0 Å². The van der Waals surface area contributed by atoms with Crippen molar-refractivity contribution in [1.29, 1.82) is 0 Å². The van der Waals surface area contributed by atoms with Crippen molar-refractivity contribution in [3.05, 3.63) is 24.3 Å². The van der Waals surface area contributed by atoms with Crippen LogP contribution in [0, 0.1) is 5.82 Å². The Morgan fingerprint density at radius 2 is 1.80 bits per heavy atom. The van der Waals surface area contributed by atoms with Crippen LogP contribution < -0.4 is 11.0 Å². The zero-order valence-electron chi connectivity index (χ0n) is 8.53. The third-order valence-corrected chi connectivity index (χ3v) is 3.52. The summed E-state index contributed by atoms with van der Waals surface area (Å²) in [5.41, 5.74) is 7.16. The summed E-state index contributed by atoms with van der Waals surface area (Å²) in [7, 11) is -0.423. The average molecular weight is 223 g/mol. The fourth-order valence-corrected chi connectivity index (χ4v) is 2.73. The van der Waals surface area contributed by atoms with Gasteiger partial charge in [-0.25, -0.2) is 9.37 Å². The minimum absolute atomic E-state index is 0.304. The molecule has 0 aliphatic rings. The van der Waals surface area contributed by atoms with Gasteiger partial charge in [-0.2, -0.15) is 0 Å². The summed E-state index contributed by atoms with van der Waals surface area (Å²) >= 11 is 0. The van der Waals surface area contributed by atoms with Gasteiger partial charge in [-0.1, -0.05) is 7.92 Å². The van der Waals surface area contributed by atoms with Gasteiger partial charge in [0.25, 0.3) is 0 Å². The van der Waals surface area contributed by atoms with Crippen LogP contribution in [-0.2, 0) is 0 Å². The molecule has 15 heavy (non-hydrogen) atoms. The van der Waals surface area contributed by atoms with E-state index in [9.17, 15) is 4.39 Å². The molecule has 0 fully saturated rings. The normalized spacial score (nSPS) is 11.2. The maximum Gasteiger partial charge on any atom is 0.153 e. The number of anilines is 1. The summed E-state index contributed by atoms with van der Waals surface area (Å²) in [6.45, 7) is 4.13. The molecule has 0 spiro atoms. The maximum atomic E-state index is 13.5. The third-order valence-electron chi connectivity index (χ3n) is 2.15. The number of fused-ring (bicyclic) bond motifs is 1. The van der Waals surface area contributed by atoms with Gasteiger partial charge < -0.3 is 5.73 Å². The SMILES string of the molecule is CP(C)c1c(N)cc(F)c2nccnc12. The molecule has 5 heteroatoms. The van der Waals surface area contributed by atoms with Gasteiger partial charge in [-0.05, 0) is 19.4 Å². The second kappa shape index (κ2) is 3.70. The molecule has 0 aliphatic carbocycles. The fraction of sp³-hybridized carbons (Fsp3) is 0.200. The Balaban J connectivity index is 2.90. The maximum absolute atomic E-state index is 13.5. The number of hydrogen-bond acceptors (Lipinski definition) is 3. The molecule has 2 aromatic rings. The highest BCUT2D eigenvalue weighted by Crippen LogP contribution is 2.31. The highest BCUT2D eigenvalue weighted by atomic mass is 31.1. The molecular formula is C10H11FN3P. The van der Waals surface area contributed by atoms with E-state index >= 15 is 0 Å². The average Bonchev–Trinajstić information content (AvgIpc) is 2.17. The Hall–Kier alpha value is -1.28. The van der Waals surface area contributed by atoms with E-state index in [1.54, 1.807) is 6.20 Å². The van der Waals surface area contributed by atoms with Crippen LogP contribution in [0.3, 0.4) is 0 Å². The third kappa shape index (κ3) is 1.65. The van der Waals surface area contributed by atoms with Crippen molar-refractivity contribution in [1.82, 2.24) is 9.97 Å². The molecule has 0 saturated heterocycles. The smallest absolute Gasteiger partial charge is 0.153 e. The van der Waals surface area contributed by atoms with Crippen molar-refractivity contribution in [2.75, 3.05) is 19.1 Å². The van der Waals surface area contributed by atoms with Gasteiger partial charge in [0.05, 0.1) is 0 Å². The summed E-state index contributed by atoms with van der Waals surface area (Å²) in [4.78, 5) is 8.14. The molecule has 0 unspecified atom stereocenters. The van der Waals surface area contributed by atoms with E-state index in [0.29, 0.717) is 16.7 Å². The quantitative estimate of drug-likeness (QED) is 0.591. The fourth-order valence-electron chi connectivity index (χ4n) is 1.57. The molecule has 1 heterocycles. The molecule has 2 rings (SSSR count). The number of rotatable bonds is 1. The number of nitrogens with zero attached hydrogens (tertiary/aromatic N) is 2. The zero-order valence-corrected chi connectivity index (χ0v) is 9.42. The first kappa shape index (κ1) is 10.2. The second-order valence-corrected chi connectivity index (χ2v) is 5.68. The number of benzene rings is 1. The Kier molecular flexibility index (Phi) is 2.53. The van der Waals surface area contributed by atoms with Crippen LogP contribution in [0.1, 0.15) is 0 Å². The van der Waals surface area contributed by atoms with Crippen molar-refractivity contribution in [2.24, 2.45) is 0 Å². The molecule has 0 atom stereocenters. The van der Waals surface area contributed by atoms with Crippen LogP contribution in [0.2, 0.25) is 0 Å². The molecule has 78 valence electrons. The lowest BCUT2D eigenvalue weighted by Crippen LogP contribution is -2.11. The minimum atomic E-state index is -0.423. The van der Waals surface area contributed by atoms with Crippen LogP contribution in [-0.4, -0.2) is 23.3 Å². The first-order chi connectivity index (χ1) is 7.11. The van der Waals surface area contributed by atoms with Crippen molar-refractivity contribution >= 4 is 29.9 Å². The number of hydrogen-bond donors (Lipinski definition) is 1. The molecule has 0 amide bonds. The number of halogens is 1. The Morgan fingerprint density at radius 1 is 1.20 bits per heavy atom. The summed E-state index contributed by atoms with van der Waals surface area (Å²) < 4.78 is 13.5. The minimum Gasteiger partial charge on any atom is -0.398 e. The monoisotopic (exact) mass is 223 g/mol. The van der Waals surface area contributed by atoms with Crippen LogP contribution in [0.25, 0.3) is 11.0 Å².